The van der Waals surface area contributed by atoms with Crippen LogP contribution < -0.4 is 10.5 Å². The van der Waals surface area contributed by atoms with Crippen molar-refractivity contribution in [1.29, 1.82) is 0 Å². The monoisotopic (exact) mass is 423 g/mol. The van der Waals surface area contributed by atoms with E-state index in [0.717, 1.165) is 35.5 Å². The van der Waals surface area contributed by atoms with E-state index in [1.54, 1.807) is 11.8 Å². The van der Waals surface area contributed by atoms with Gasteiger partial charge in [-0.2, -0.15) is 0 Å². The van der Waals surface area contributed by atoms with Crippen molar-refractivity contribution in [2.24, 2.45) is 5.73 Å². The summed E-state index contributed by atoms with van der Waals surface area (Å²) >= 11 is 1.68. The van der Waals surface area contributed by atoms with Crippen LogP contribution >= 0.6 is 11.8 Å². The van der Waals surface area contributed by atoms with Gasteiger partial charge in [0.05, 0.1) is 10.4 Å². The maximum atomic E-state index is 12.9. The Hall–Kier alpha value is -2.51. The van der Waals surface area contributed by atoms with Crippen LogP contribution in [0.3, 0.4) is 0 Å². The van der Waals surface area contributed by atoms with Crippen molar-refractivity contribution in [2.45, 2.75) is 35.1 Å². The fourth-order valence-electron chi connectivity index (χ4n) is 4.20. The molecule has 7 heteroatoms. The zero-order chi connectivity index (χ0) is 20.7. The quantitative estimate of drug-likeness (QED) is 0.821. The number of para-hydroxylation sites is 1. The lowest BCUT2D eigenvalue weighted by atomic mass is 9.76. The van der Waals surface area contributed by atoms with Crippen LogP contribution in [0.2, 0.25) is 0 Å². The number of thioether (sulfide) groups is 1. The summed E-state index contributed by atoms with van der Waals surface area (Å²) in [6.45, 7) is 2.18. The molecule has 6 nitrogen and oxygen atoms in total. The number of fused-ring (bicyclic) bond motifs is 1. The summed E-state index contributed by atoms with van der Waals surface area (Å²) in [5.41, 5.74) is 7.12. The van der Waals surface area contributed by atoms with Crippen molar-refractivity contribution in [1.82, 2.24) is 9.80 Å². The molecule has 2 aromatic rings. The molecule has 2 aliphatic heterocycles. The third-order valence-electron chi connectivity index (χ3n) is 6.27. The second-order valence-electron chi connectivity index (χ2n) is 8.23. The lowest BCUT2D eigenvalue weighted by Gasteiger charge is -2.43. The van der Waals surface area contributed by atoms with E-state index in [1.165, 1.54) is 0 Å². The molecule has 2 amide bonds. The Morgan fingerprint density at radius 2 is 1.63 bits per heavy atom. The van der Waals surface area contributed by atoms with Gasteiger partial charge in [0, 0.05) is 37.3 Å². The lowest BCUT2D eigenvalue weighted by Crippen LogP contribution is -2.62. The van der Waals surface area contributed by atoms with E-state index in [9.17, 15) is 9.59 Å². The zero-order valence-corrected chi connectivity index (χ0v) is 17.6. The fourth-order valence-corrected chi connectivity index (χ4v) is 5.27. The summed E-state index contributed by atoms with van der Waals surface area (Å²) in [5, 5.41) is 0. The molecule has 1 saturated carbocycles. The normalized spacial score (nSPS) is 22.1. The minimum Gasteiger partial charge on any atom is -0.473 e. The van der Waals surface area contributed by atoms with Crippen molar-refractivity contribution >= 4 is 23.6 Å². The van der Waals surface area contributed by atoms with Crippen LogP contribution in [0.15, 0.2) is 53.4 Å². The van der Waals surface area contributed by atoms with Gasteiger partial charge < -0.3 is 20.3 Å². The van der Waals surface area contributed by atoms with Gasteiger partial charge in [-0.25, -0.2) is 0 Å². The third kappa shape index (κ3) is 3.46. The summed E-state index contributed by atoms with van der Waals surface area (Å²) in [7, 11) is 0. The maximum absolute atomic E-state index is 12.9. The molecule has 1 atom stereocenters. The van der Waals surface area contributed by atoms with Gasteiger partial charge in [0.15, 0.2) is 5.44 Å². The molecule has 2 aromatic carbocycles. The average Bonchev–Trinajstić information content (AvgIpc) is 3.21. The highest BCUT2D eigenvalue weighted by Crippen LogP contribution is 2.48. The molecule has 0 spiro atoms. The minimum atomic E-state index is -0.665. The van der Waals surface area contributed by atoms with Gasteiger partial charge in [-0.05, 0) is 43.5 Å². The predicted octanol–water partition coefficient (Wildman–Crippen LogP) is 3.04. The Bertz CT molecular complexity index is 941. The van der Waals surface area contributed by atoms with Gasteiger partial charge in [-0.3, -0.25) is 9.59 Å². The van der Waals surface area contributed by atoms with Gasteiger partial charge in [0.25, 0.3) is 5.91 Å². The molecule has 0 bridgehead atoms. The standard InChI is InChI=1S/C23H25N3O3S/c24-23(10-3-11-23)22(28)26-14-12-25(13-15-26)20(27)16-6-8-17(9-7-16)21-29-18-4-1-2-5-19(18)30-21/h1-2,4-9,21H,3,10-15,24H2. The Kier molecular flexibility index (Phi) is 4.95. The molecular weight excluding hydrogens is 398 g/mol. The highest BCUT2D eigenvalue weighted by atomic mass is 32.2. The van der Waals surface area contributed by atoms with Crippen molar-refractivity contribution < 1.29 is 14.3 Å². The van der Waals surface area contributed by atoms with Gasteiger partial charge in [0.2, 0.25) is 5.91 Å². The number of hydrogen-bond acceptors (Lipinski definition) is 5. The highest BCUT2D eigenvalue weighted by molar-refractivity contribution is 7.99. The summed E-state index contributed by atoms with van der Waals surface area (Å²) in [6.07, 6.45) is 2.56. The Morgan fingerprint density at radius 3 is 2.27 bits per heavy atom. The Morgan fingerprint density at radius 1 is 0.967 bits per heavy atom. The van der Waals surface area contributed by atoms with Crippen LogP contribution in [-0.4, -0.2) is 53.3 Å². The number of piperazine rings is 1. The first kappa shape index (κ1) is 19.5. The van der Waals surface area contributed by atoms with E-state index >= 15 is 0 Å². The number of benzene rings is 2. The van der Waals surface area contributed by atoms with Crippen LogP contribution in [-0.2, 0) is 4.79 Å². The predicted molar refractivity (Wildman–Crippen MR) is 115 cm³/mol. The summed E-state index contributed by atoms with van der Waals surface area (Å²) in [6, 6.07) is 15.7. The number of amides is 2. The van der Waals surface area contributed by atoms with Crippen LogP contribution in [0.25, 0.3) is 0 Å². The molecule has 2 heterocycles. The second kappa shape index (κ2) is 7.63. The fraction of sp³-hybridized carbons (Fsp3) is 0.391. The molecule has 156 valence electrons. The van der Waals surface area contributed by atoms with Crippen LogP contribution in [0.5, 0.6) is 5.75 Å². The SMILES string of the molecule is NC1(C(=O)N2CCN(C(=O)c3ccc(C4Oc5ccccc5S4)cc3)CC2)CCC1. The van der Waals surface area contributed by atoms with Crippen LogP contribution in [0, 0.1) is 0 Å². The van der Waals surface area contributed by atoms with Gasteiger partial charge in [-0.1, -0.05) is 36.0 Å². The van der Waals surface area contributed by atoms with Crippen molar-refractivity contribution in [3.63, 3.8) is 0 Å². The largest absolute Gasteiger partial charge is 0.473 e. The number of nitrogens with two attached hydrogens (primary N) is 1. The van der Waals surface area contributed by atoms with Crippen LogP contribution in [0.1, 0.15) is 40.6 Å². The number of carbonyl (C=O) groups excluding carboxylic acids is 2. The molecule has 3 aliphatic rings. The molecule has 30 heavy (non-hydrogen) atoms. The molecule has 2 N–H and O–H groups in total. The number of rotatable bonds is 3. The lowest BCUT2D eigenvalue weighted by molar-refractivity contribution is -0.141. The first-order chi connectivity index (χ1) is 14.5. The summed E-state index contributed by atoms with van der Waals surface area (Å²) in [5.74, 6) is 0.949. The first-order valence-electron chi connectivity index (χ1n) is 10.4. The maximum Gasteiger partial charge on any atom is 0.253 e. The van der Waals surface area contributed by atoms with Crippen molar-refractivity contribution in [3.05, 3.63) is 59.7 Å². The summed E-state index contributed by atoms with van der Waals surface area (Å²) in [4.78, 5) is 30.3. The van der Waals surface area contributed by atoms with E-state index in [0.29, 0.717) is 31.7 Å². The average molecular weight is 424 g/mol. The molecular formula is C23H25N3O3S. The minimum absolute atomic E-state index is 0.00281. The molecule has 1 unspecified atom stereocenters. The molecule has 0 aromatic heterocycles. The zero-order valence-electron chi connectivity index (χ0n) is 16.8. The Balaban J connectivity index is 1.19. The van der Waals surface area contributed by atoms with Crippen molar-refractivity contribution in [2.75, 3.05) is 26.2 Å². The number of carbonyl (C=O) groups is 2. The molecule has 1 aliphatic carbocycles. The smallest absolute Gasteiger partial charge is 0.253 e. The third-order valence-corrected chi connectivity index (χ3v) is 7.45. The van der Waals surface area contributed by atoms with E-state index in [2.05, 4.69) is 6.07 Å². The number of hydrogen-bond donors (Lipinski definition) is 1. The second-order valence-corrected chi connectivity index (χ2v) is 9.33. The topological polar surface area (TPSA) is 75.9 Å². The van der Waals surface area contributed by atoms with Crippen molar-refractivity contribution in [3.8, 4) is 5.75 Å². The van der Waals surface area contributed by atoms with E-state index in [-0.39, 0.29) is 17.3 Å². The number of nitrogens with zero attached hydrogens (tertiary/aromatic N) is 2. The van der Waals surface area contributed by atoms with E-state index < -0.39 is 5.54 Å². The van der Waals surface area contributed by atoms with Gasteiger partial charge in [0.1, 0.15) is 5.75 Å². The van der Waals surface area contributed by atoms with E-state index in [1.807, 2.05) is 52.3 Å². The first-order valence-corrected chi connectivity index (χ1v) is 11.3. The molecule has 5 rings (SSSR count). The molecule has 2 fully saturated rings. The van der Waals surface area contributed by atoms with Gasteiger partial charge in [-0.15, -0.1) is 0 Å². The van der Waals surface area contributed by atoms with Crippen LogP contribution in [0.4, 0.5) is 0 Å². The molecule has 1 saturated heterocycles. The highest BCUT2D eigenvalue weighted by Gasteiger charge is 2.43. The van der Waals surface area contributed by atoms with Gasteiger partial charge >= 0.3 is 0 Å². The number of ether oxygens (including phenoxy) is 1. The molecule has 0 radical (unpaired) electrons. The summed E-state index contributed by atoms with van der Waals surface area (Å²) < 4.78 is 6.01. The van der Waals surface area contributed by atoms with E-state index in [4.69, 9.17) is 10.5 Å². The Labute approximate surface area is 180 Å².